The molecule has 0 aliphatic rings. The average molecular weight is 199 g/mol. The van der Waals surface area contributed by atoms with E-state index in [4.69, 9.17) is 0 Å². The summed E-state index contributed by atoms with van der Waals surface area (Å²) in [7, 11) is 0.567. The second-order valence-corrected chi connectivity index (χ2v) is 5.79. The van der Waals surface area contributed by atoms with Crippen LogP contribution in [0.3, 0.4) is 0 Å². The van der Waals surface area contributed by atoms with Crippen molar-refractivity contribution in [2.24, 2.45) is 0 Å². The molecule has 0 bridgehead atoms. The van der Waals surface area contributed by atoms with Gasteiger partial charge in [-0.3, -0.25) is 0 Å². The summed E-state index contributed by atoms with van der Waals surface area (Å²) in [5.74, 6) is 0. The zero-order valence-corrected chi connectivity index (χ0v) is 8.69. The Balaban J connectivity index is 0. The summed E-state index contributed by atoms with van der Waals surface area (Å²) in [6, 6.07) is 0. The first-order valence-corrected chi connectivity index (χ1v) is 4.56. The molecule has 0 spiro atoms. The van der Waals surface area contributed by atoms with Gasteiger partial charge < -0.3 is 17.0 Å². The number of hydrogen-bond acceptors (Lipinski definition) is 0. The molecule has 0 N–H and O–H groups in total. The van der Waals surface area contributed by atoms with Crippen molar-refractivity contribution in [3.63, 3.8) is 0 Å². The van der Waals surface area contributed by atoms with E-state index in [-0.39, 0.29) is 17.0 Å². The molecular formula is C6H15BrS. The minimum Gasteiger partial charge on any atom is -1.00 e. The van der Waals surface area contributed by atoms with Gasteiger partial charge in [0.15, 0.2) is 0 Å². The van der Waals surface area contributed by atoms with Crippen molar-refractivity contribution in [3.8, 4) is 0 Å². The molecule has 0 heterocycles. The van der Waals surface area contributed by atoms with E-state index in [0.717, 1.165) is 0 Å². The van der Waals surface area contributed by atoms with Crippen LogP contribution in [0.1, 0.15) is 20.8 Å². The Hall–Kier alpha value is 0.830. The summed E-state index contributed by atoms with van der Waals surface area (Å²) in [4.78, 5) is 0. The van der Waals surface area contributed by atoms with Gasteiger partial charge in [0.25, 0.3) is 0 Å². The van der Waals surface area contributed by atoms with Gasteiger partial charge in [-0.2, -0.15) is 0 Å². The first-order valence-electron chi connectivity index (χ1n) is 2.52. The van der Waals surface area contributed by atoms with Crippen LogP contribution in [0.5, 0.6) is 0 Å². The monoisotopic (exact) mass is 198 g/mol. The third-order valence-electron chi connectivity index (χ3n) is 1.22. The van der Waals surface area contributed by atoms with Crippen molar-refractivity contribution in [2.45, 2.75) is 25.5 Å². The molecule has 0 fully saturated rings. The normalized spacial score (nSPS) is 11.2. The van der Waals surface area contributed by atoms with E-state index in [0.29, 0.717) is 15.6 Å². The van der Waals surface area contributed by atoms with E-state index in [1.54, 1.807) is 0 Å². The van der Waals surface area contributed by atoms with Gasteiger partial charge in [0.05, 0.1) is 12.5 Å². The van der Waals surface area contributed by atoms with Crippen molar-refractivity contribution in [3.05, 3.63) is 0 Å². The van der Waals surface area contributed by atoms with Gasteiger partial charge in [0, 0.05) is 0 Å². The first kappa shape index (κ1) is 11.6. The van der Waals surface area contributed by atoms with Gasteiger partial charge in [0.2, 0.25) is 0 Å². The molecule has 8 heavy (non-hydrogen) atoms. The Morgan fingerprint density at radius 1 is 1.00 bits per heavy atom. The van der Waals surface area contributed by atoms with Gasteiger partial charge in [0.1, 0.15) is 4.75 Å². The van der Waals surface area contributed by atoms with Gasteiger partial charge in [-0.1, -0.05) is 0 Å². The van der Waals surface area contributed by atoms with Crippen LogP contribution in [-0.2, 0) is 10.9 Å². The summed E-state index contributed by atoms with van der Waals surface area (Å²) in [6.07, 6.45) is 4.56. The van der Waals surface area contributed by atoms with Crippen molar-refractivity contribution in [1.82, 2.24) is 0 Å². The maximum atomic E-state index is 2.28. The molecule has 0 aromatic heterocycles. The Kier molecular flexibility index (Phi) is 5.48. The highest BCUT2D eigenvalue weighted by Gasteiger charge is 2.23. The molecule has 0 saturated carbocycles. The highest BCUT2D eigenvalue weighted by molar-refractivity contribution is 7.96. The number of rotatable bonds is 0. The maximum absolute atomic E-state index is 2.28. The summed E-state index contributed by atoms with van der Waals surface area (Å²) >= 11 is 0. The molecule has 0 aliphatic heterocycles. The van der Waals surface area contributed by atoms with Crippen molar-refractivity contribution < 1.29 is 17.0 Å². The lowest BCUT2D eigenvalue weighted by molar-refractivity contribution is -0.00000197. The van der Waals surface area contributed by atoms with E-state index < -0.39 is 0 Å². The fourth-order valence-corrected chi connectivity index (χ4v) is 0. The predicted molar refractivity (Wildman–Crippen MR) is 39.0 cm³/mol. The average Bonchev–Trinajstić information content (AvgIpc) is 1.31. The topological polar surface area (TPSA) is 0 Å². The molecule has 2 heteroatoms. The Bertz CT molecular complexity index is 54.0. The van der Waals surface area contributed by atoms with E-state index >= 15 is 0 Å². The SMILES string of the molecule is C[S+](C)C(C)(C)C.[Br-]. The third-order valence-corrected chi connectivity index (χ3v) is 3.67. The van der Waals surface area contributed by atoms with Gasteiger partial charge in [-0.15, -0.1) is 0 Å². The smallest absolute Gasteiger partial charge is 0.119 e. The van der Waals surface area contributed by atoms with Crippen molar-refractivity contribution in [1.29, 1.82) is 0 Å². The van der Waals surface area contributed by atoms with Gasteiger partial charge >= 0.3 is 0 Å². The molecule has 0 rings (SSSR count). The molecule has 0 radical (unpaired) electrons. The minimum absolute atomic E-state index is 0. The standard InChI is InChI=1S/C6H15S.BrH/c1-6(2,3)7(4)5;/h1-5H3;1H/q+1;/p-1. The van der Waals surface area contributed by atoms with Crippen LogP contribution in [0.4, 0.5) is 0 Å². The fourth-order valence-electron chi connectivity index (χ4n) is 0. The molecule has 0 saturated heterocycles. The summed E-state index contributed by atoms with van der Waals surface area (Å²) in [6.45, 7) is 6.82. The summed E-state index contributed by atoms with van der Waals surface area (Å²) in [5, 5.41) is 0. The fraction of sp³-hybridized carbons (Fsp3) is 1.00. The van der Waals surface area contributed by atoms with Crippen LogP contribution in [0, 0.1) is 0 Å². The molecule has 0 aliphatic carbocycles. The van der Waals surface area contributed by atoms with Crippen LogP contribution in [-0.4, -0.2) is 17.3 Å². The molecule has 0 atom stereocenters. The third kappa shape index (κ3) is 4.98. The van der Waals surface area contributed by atoms with Crippen LogP contribution in [0.15, 0.2) is 0 Å². The van der Waals surface area contributed by atoms with E-state index in [1.165, 1.54) is 0 Å². The lowest BCUT2D eigenvalue weighted by Crippen LogP contribution is -3.00. The van der Waals surface area contributed by atoms with E-state index in [2.05, 4.69) is 33.3 Å². The maximum Gasteiger partial charge on any atom is 0.119 e. The zero-order chi connectivity index (χ0) is 6.08. The van der Waals surface area contributed by atoms with Crippen molar-refractivity contribution >= 4 is 10.9 Å². The van der Waals surface area contributed by atoms with Crippen LogP contribution in [0.25, 0.3) is 0 Å². The highest BCUT2D eigenvalue weighted by Crippen LogP contribution is 2.12. The molecule has 0 aromatic carbocycles. The van der Waals surface area contributed by atoms with E-state index in [9.17, 15) is 0 Å². The Labute approximate surface area is 66.2 Å². The van der Waals surface area contributed by atoms with Gasteiger partial charge in [-0.05, 0) is 31.7 Å². The Morgan fingerprint density at radius 2 is 1.12 bits per heavy atom. The molecule has 0 amide bonds. The first-order chi connectivity index (χ1) is 2.94. The molecule has 0 unspecified atom stereocenters. The molecular weight excluding hydrogens is 184 g/mol. The van der Waals surface area contributed by atoms with Crippen molar-refractivity contribution in [2.75, 3.05) is 12.5 Å². The minimum atomic E-state index is 0. The number of halogens is 1. The van der Waals surface area contributed by atoms with Crippen LogP contribution >= 0.6 is 0 Å². The van der Waals surface area contributed by atoms with Crippen LogP contribution in [0.2, 0.25) is 0 Å². The molecule has 0 aromatic rings. The molecule has 0 nitrogen and oxygen atoms in total. The summed E-state index contributed by atoms with van der Waals surface area (Å²) in [5.41, 5.74) is 0. The van der Waals surface area contributed by atoms with Crippen LogP contribution < -0.4 is 17.0 Å². The predicted octanol–water partition coefficient (Wildman–Crippen LogP) is -1.33. The highest BCUT2D eigenvalue weighted by atomic mass is 79.9. The largest absolute Gasteiger partial charge is 1.00 e. The lowest BCUT2D eigenvalue weighted by Gasteiger charge is -2.12. The lowest BCUT2D eigenvalue weighted by atomic mass is 10.3. The molecule has 52 valence electrons. The van der Waals surface area contributed by atoms with Gasteiger partial charge in [-0.25, -0.2) is 0 Å². The second kappa shape index (κ2) is 3.78. The second-order valence-electron chi connectivity index (χ2n) is 2.93. The number of hydrogen-bond donors (Lipinski definition) is 0. The van der Waals surface area contributed by atoms with E-state index in [1.807, 2.05) is 0 Å². The zero-order valence-electron chi connectivity index (χ0n) is 6.29. The quantitative estimate of drug-likeness (QED) is 0.424. The summed E-state index contributed by atoms with van der Waals surface area (Å²) < 4.78 is 0.528. The Morgan fingerprint density at radius 3 is 1.12 bits per heavy atom.